The van der Waals surface area contributed by atoms with Gasteiger partial charge in [0, 0.05) is 12.5 Å². The highest BCUT2D eigenvalue weighted by molar-refractivity contribution is 6.19. The van der Waals surface area contributed by atoms with E-state index >= 15 is 0 Å². The van der Waals surface area contributed by atoms with E-state index in [1.54, 1.807) is 6.07 Å². The fraction of sp³-hybridized carbons (Fsp3) is 0.467. The van der Waals surface area contributed by atoms with Crippen LogP contribution in [-0.4, -0.2) is 28.2 Å². The van der Waals surface area contributed by atoms with Crippen molar-refractivity contribution in [1.29, 1.82) is 0 Å². The van der Waals surface area contributed by atoms with Crippen molar-refractivity contribution < 1.29 is 24.2 Å². The smallest absolute Gasteiger partial charge is 0.339 e. The first-order valence-electron chi connectivity index (χ1n) is 12.5. The third kappa shape index (κ3) is 7.98. The zero-order chi connectivity index (χ0) is 26.2. The molecule has 190 valence electrons. The molecule has 35 heavy (non-hydrogen) atoms. The number of esters is 2. The largest absolute Gasteiger partial charge is 0.507 e. The molecule has 0 atom stereocenters. The van der Waals surface area contributed by atoms with Crippen LogP contribution < -0.4 is 0 Å². The maximum atomic E-state index is 12.4. The summed E-state index contributed by atoms with van der Waals surface area (Å²) in [7, 11) is 0. The Morgan fingerprint density at radius 2 is 1.54 bits per heavy atom. The van der Waals surface area contributed by atoms with Crippen LogP contribution in [0.3, 0.4) is 0 Å². The van der Waals surface area contributed by atoms with Crippen molar-refractivity contribution in [3.8, 4) is 16.9 Å². The molecule has 0 amide bonds. The van der Waals surface area contributed by atoms with E-state index in [9.17, 15) is 14.7 Å². The summed E-state index contributed by atoms with van der Waals surface area (Å²) in [5.41, 5.74) is 3.45. The standard InChI is InChI=1S/C22H22O3.C6H12O2.C2H6/c1-15-5-7-16(8-6-15)18-10-9-17(13-20(18)23)19-14-22(25-21(19)24)11-3-2-4-12-22;1-5(7)8-6(2,3)4;1-2/h5-10,13-14,23H,2-4,11-12H2,1H3;1-4H3;1-2H3. The molecule has 0 aromatic heterocycles. The van der Waals surface area contributed by atoms with Crippen LogP contribution in [0.25, 0.3) is 16.7 Å². The molecule has 0 unspecified atom stereocenters. The molecule has 2 aliphatic rings. The Kier molecular flexibility index (Phi) is 9.70. The van der Waals surface area contributed by atoms with E-state index in [0.717, 1.165) is 42.4 Å². The minimum Gasteiger partial charge on any atom is -0.507 e. The second-order valence-corrected chi connectivity index (χ2v) is 9.88. The van der Waals surface area contributed by atoms with Gasteiger partial charge in [-0.2, -0.15) is 0 Å². The van der Waals surface area contributed by atoms with Crippen molar-refractivity contribution in [1.82, 2.24) is 0 Å². The molecule has 1 fully saturated rings. The number of phenols is 1. The van der Waals surface area contributed by atoms with Crippen LogP contribution in [0.2, 0.25) is 0 Å². The first-order chi connectivity index (χ1) is 16.5. The van der Waals surface area contributed by atoms with Crippen LogP contribution in [0.15, 0.2) is 48.5 Å². The fourth-order valence-corrected chi connectivity index (χ4v) is 4.30. The molecule has 4 rings (SSSR count). The highest BCUT2D eigenvalue weighted by Gasteiger charge is 2.41. The molecule has 2 aromatic carbocycles. The van der Waals surface area contributed by atoms with Crippen LogP contribution in [0.4, 0.5) is 0 Å². The van der Waals surface area contributed by atoms with E-state index in [2.05, 4.69) is 0 Å². The van der Waals surface area contributed by atoms with Crippen LogP contribution in [0.5, 0.6) is 5.75 Å². The number of carbonyl (C=O) groups excluding carboxylic acids is 2. The number of aryl methyl sites for hydroxylation is 1. The van der Waals surface area contributed by atoms with E-state index in [4.69, 9.17) is 9.47 Å². The Balaban J connectivity index is 0.000000371. The first-order valence-corrected chi connectivity index (χ1v) is 12.5. The lowest BCUT2D eigenvalue weighted by molar-refractivity contribution is -0.152. The normalized spacial score (nSPS) is 16.2. The van der Waals surface area contributed by atoms with E-state index < -0.39 is 5.60 Å². The van der Waals surface area contributed by atoms with Crippen molar-refractivity contribution in [3.05, 3.63) is 59.7 Å². The molecule has 1 aliphatic heterocycles. The molecule has 2 aromatic rings. The van der Waals surface area contributed by atoms with Crippen molar-refractivity contribution in [3.63, 3.8) is 0 Å². The Labute approximate surface area is 210 Å². The second kappa shape index (κ2) is 12.1. The Bertz CT molecular complexity index is 1040. The van der Waals surface area contributed by atoms with Crippen molar-refractivity contribution in [2.45, 2.75) is 91.8 Å². The first kappa shape index (κ1) is 28.2. The summed E-state index contributed by atoms with van der Waals surface area (Å²) in [6.07, 6.45) is 7.16. The molecule has 0 saturated heterocycles. The predicted molar refractivity (Wildman–Crippen MR) is 141 cm³/mol. The average Bonchev–Trinajstić information content (AvgIpc) is 3.10. The highest BCUT2D eigenvalue weighted by atomic mass is 16.6. The summed E-state index contributed by atoms with van der Waals surface area (Å²) in [4.78, 5) is 22.6. The summed E-state index contributed by atoms with van der Waals surface area (Å²) in [6.45, 7) is 13.0. The summed E-state index contributed by atoms with van der Waals surface area (Å²) in [6, 6.07) is 13.5. The van der Waals surface area contributed by atoms with E-state index in [1.165, 1.54) is 18.9 Å². The summed E-state index contributed by atoms with van der Waals surface area (Å²) >= 11 is 0. The average molecular weight is 481 g/mol. The topological polar surface area (TPSA) is 72.8 Å². The van der Waals surface area contributed by atoms with Gasteiger partial charge in [0.2, 0.25) is 0 Å². The van der Waals surface area contributed by atoms with Gasteiger partial charge in [0.05, 0.1) is 5.57 Å². The summed E-state index contributed by atoms with van der Waals surface area (Å²) in [5.74, 6) is -0.318. The maximum Gasteiger partial charge on any atom is 0.339 e. The molecule has 0 bridgehead atoms. The summed E-state index contributed by atoms with van der Waals surface area (Å²) < 4.78 is 10.5. The minimum absolute atomic E-state index is 0.180. The zero-order valence-electron chi connectivity index (χ0n) is 22.2. The van der Waals surface area contributed by atoms with Gasteiger partial charge in [0.15, 0.2) is 0 Å². The van der Waals surface area contributed by atoms with Crippen LogP contribution in [0.1, 0.15) is 84.8 Å². The number of phenolic OH excluding ortho intramolecular Hbond substituents is 1. The lowest BCUT2D eigenvalue weighted by atomic mass is 9.84. The molecule has 1 N–H and O–H groups in total. The van der Waals surface area contributed by atoms with Crippen molar-refractivity contribution >= 4 is 17.5 Å². The van der Waals surface area contributed by atoms with Crippen LogP contribution in [-0.2, 0) is 19.1 Å². The number of rotatable bonds is 2. The lowest BCUT2D eigenvalue weighted by Gasteiger charge is -2.30. The molecular formula is C30H40O5. The van der Waals surface area contributed by atoms with Gasteiger partial charge in [-0.05, 0) is 76.6 Å². The van der Waals surface area contributed by atoms with E-state index in [-0.39, 0.29) is 23.3 Å². The number of ether oxygens (including phenoxy) is 2. The van der Waals surface area contributed by atoms with Gasteiger partial charge >= 0.3 is 11.9 Å². The van der Waals surface area contributed by atoms with Crippen LogP contribution in [0, 0.1) is 6.92 Å². The second-order valence-electron chi connectivity index (χ2n) is 9.88. The quantitative estimate of drug-likeness (QED) is 0.454. The number of hydrogen-bond donors (Lipinski definition) is 1. The molecule has 1 spiro atoms. The number of benzene rings is 2. The van der Waals surface area contributed by atoms with Gasteiger partial charge in [-0.15, -0.1) is 0 Å². The monoisotopic (exact) mass is 480 g/mol. The molecule has 1 aliphatic carbocycles. The molecular weight excluding hydrogens is 440 g/mol. The van der Waals surface area contributed by atoms with Gasteiger partial charge in [-0.25, -0.2) is 4.79 Å². The van der Waals surface area contributed by atoms with Gasteiger partial charge in [-0.1, -0.05) is 62.2 Å². The minimum atomic E-state index is -0.421. The highest BCUT2D eigenvalue weighted by Crippen LogP contribution is 2.42. The van der Waals surface area contributed by atoms with E-state index in [0.29, 0.717) is 5.57 Å². The van der Waals surface area contributed by atoms with Crippen molar-refractivity contribution in [2.24, 2.45) is 0 Å². The Morgan fingerprint density at radius 1 is 0.971 bits per heavy atom. The lowest BCUT2D eigenvalue weighted by Crippen LogP contribution is -2.30. The number of aromatic hydroxyl groups is 1. The SMILES string of the molecule is CC.CC(=O)OC(C)(C)C.Cc1ccc(-c2ccc(C3=CC4(CCCCC4)OC3=O)cc2O)cc1. The molecule has 1 heterocycles. The van der Waals surface area contributed by atoms with Gasteiger partial charge in [-0.3, -0.25) is 4.79 Å². The van der Waals surface area contributed by atoms with Gasteiger partial charge in [0.1, 0.15) is 17.0 Å². The zero-order valence-corrected chi connectivity index (χ0v) is 22.2. The van der Waals surface area contributed by atoms with Crippen molar-refractivity contribution in [2.75, 3.05) is 0 Å². The van der Waals surface area contributed by atoms with Gasteiger partial charge in [0.25, 0.3) is 0 Å². The Hall–Kier alpha value is -3.08. The van der Waals surface area contributed by atoms with E-state index in [1.807, 2.05) is 84.0 Å². The number of hydrogen-bond acceptors (Lipinski definition) is 5. The van der Waals surface area contributed by atoms with Crippen LogP contribution >= 0.6 is 0 Å². The third-order valence-corrected chi connectivity index (χ3v) is 5.74. The summed E-state index contributed by atoms with van der Waals surface area (Å²) in [5, 5.41) is 10.5. The third-order valence-electron chi connectivity index (χ3n) is 5.74. The number of carbonyl (C=O) groups is 2. The molecule has 5 nitrogen and oxygen atoms in total. The maximum absolute atomic E-state index is 12.4. The molecule has 1 saturated carbocycles. The fourth-order valence-electron chi connectivity index (χ4n) is 4.30. The predicted octanol–water partition coefficient (Wildman–Crippen LogP) is 7.38. The molecule has 5 heteroatoms. The molecule has 0 radical (unpaired) electrons. The Morgan fingerprint density at radius 3 is 2.03 bits per heavy atom. The van der Waals surface area contributed by atoms with Gasteiger partial charge < -0.3 is 14.6 Å².